The first-order chi connectivity index (χ1) is 6.72. The van der Waals surface area contributed by atoms with E-state index in [0.29, 0.717) is 13.0 Å². The van der Waals surface area contributed by atoms with Crippen LogP contribution in [0.25, 0.3) is 0 Å². The second-order valence-electron chi connectivity index (χ2n) is 3.15. The van der Waals surface area contributed by atoms with Crippen molar-refractivity contribution in [1.82, 2.24) is 0 Å². The molecule has 0 bridgehead atoms. The maximum Gasteiger partial charge on any atom is 0.335 e. The predicted molar refractivity (Wildman–Crippen MR) is 55.9 cm³/mol. The number of carbonyl (C=O) groups is 1. The molecule has 0 heterocycles. The van der Waals surface area contributed by atoms with Gasteiger partial charge in [0, 0.05) is 6.42 Å². The highest BCUT2D eigenvalue weighted by Crippen LogP contribution is 1.99. The second-order valence-corrected chi connectivity index (χ2v) is 3.15. The van der Waals surface area contributed by atoms with E-state index in [4.69, 9.17) is 4.74 Å². The van der Waals surface area contributed by atoms with Gasteiger partial charge in [-0.2, -0.15) is 0 Å². The Bertz CT molecular complexity index is 175. The van der Waals surface area contributed by atoms with E-state index in [1.165, 1.54) is 0 Å². The molecule has 0 aliphatic rings. The smallest absolute Gasteiger partial charge is 0.335 e. The molecule has 1 unspecified atom stereocenters. The van der Waals surface area contributed by atoms with Crippen LogP contribution in [-0.4, -0.2) is 23.8 Å². The van der Waals surface area contributed by atoms with Crippen molar-refractivity contribution in [2.75, 3.05) is 6.61 Å². The molecule has 0 aliphatic heterocycles. The Morgan fingerprint density at radius 1 is 1.43 bits per heavy atom. The molecule has 82 valence electrons. The second kappa shape index (κ2) is 8.75. The molecule has 0 saturated heterocycles. The fourth-order valence-electron chi connectivity index (χ4n) is 0.901. The number of aliphatic hydroxyl groups excluding tert-OH is 1. The predicted octanol–water partition coefficient (Wildman–Crippen LogP) is 2.05. The van der Waals surface area contributed by atoms with E-state index in [0.717, 1.165) is 19.3 Å². The van der Waals surface area contributed by atoms with Crippen molar-refractivity contribution in [3.63, 3.8) is 0 Å². The lowest BCUT2D eigenvalue weighted by molar-refractivity contribution is -0.153. The van der Waals surface area contributed by atoms with Crippen molar-refractivity contribution < 1.29 is 14.6 Å². The topological polar surface area (TPSA) is 46.5 Å². The molecule has 0 aromatic rings. The molecule has 0 spiro atoms. The summed E-state index contributed by atoms with van der Waals surface area (Å²) in [5.74, 6) is -0.515. The van der Waals surface area contributed by atoms with Crippen LogP contribution in [-0.2, 0) is 9.53 Å². The molecule has 1 N–H and O–H groups in total. The molecule has 3 heteroatoms. The SMILES string of the molecule is CCC=CCC(O)C(=O)OCCCC. The number of hydrogen-bond acceptors (Lipinski definition) is 3. The number of carbonyl (C=O) groups excluding carboxylic acids is 1. The Labute approximate surface area is 85.8 Å². The van der Waals surface area contributed by atoms with E-state index in [9.17, 15) is 9.90 Å². The van der Waals surface area contributed by atoms with Crippen molar-refractivity contribution >= 4 is 5.97 Å². The quantitative estimate of drug-likeness (QED) is 0.388. The third-order valence-electron chi connectivity index (χ3n) is 1.78. The normalized spacial score (nSPS) is 13.1. The largest absolute Gasteiger partial charge is 0.464 e. The third-order valence-corrected chi connectivity index (χ3v) is 1.78. The van der Waals surface area contributed by atoms with Gasteiger partial charge in [0.25, 0.3) is 0 Å². The van der Waals surface area contributed by atoms with Crippen LogP contribution in [0.1, 0.15) is 39.5 Å². The van der Waals surface area contributed by atoms with Gasteiger partial charge >= 0.3 is 5.97 Å². The molecule has 3 nitrogen and oxygen atoms in total. The zero-order chi connectivity index (χ0) is 10.8. The van der Waals surface area contributed by atoms with E-state index in [1.54, 1.807) is 6.08 Å². The average molecular weight is 200 g/mol. The highest BCUT2D eigenvalue weighted by molar-refractivity contribution is 5.74. The van der Waals surface area contributed by atoms with E-state index in [1.807, 2.05) is 19.9 Å². The van der Waals surface area contributed by atoms with E-state index in [-0.39, 0.29) is 0 Å². The molecule has 0 saturated carbocycles. The molecule has 0 aliphatic carbocycles. The highest BCUT2D eigenvalue weighted by Gasteiger charge is 2.13. The minimum atomic E-state index is -1.00. The van der Waals surface area contributed by atoms with E-state index >= 15 is 0 Å². The van der Waals surface area contributed by atoms with Crippen LogP contribution in [0.15, 0.2) is 12.2 Å². The molecule has 0 fully saturated rings. The van der Waals surface area contributed by atoms with Crippen molar-refractivity contribution in [1.29, 1.82) is 0 Å². The van der Waals surface area contributed by atoms with Crippen LogP contribution in [0, 0.1) is 0 Å². The van der Waals surface area contributed by atoms with Crippen molar-refractivity contribution in [2.24, 2.45) is 0 Å². The maximum atomic E-state index is 11.1. The Morgan fingerprint density at radius 2 is 2.14 bits per heavy atom. The van der Waals surface area contributed by atoms with Crippen LogP contribution in [0.3, 0.4) is 0 Å². The van der Waals surface area contributed by atoms with Crippen LogP contribution >= 0.6 is 0 Å². The van der Waals surface area contributed by atoms with Gasteiger partial charge in [0.2, 0.25) is 0 Å². The number of aliphatic hydroxyl groups is 1. The maximum absolute atomic E-state index is 11.1. The number of esters is 1. The van der Waals surface area contributed by atoms with Crippen LogP contribution in [0.4, 0.5) is 0 Å². The summed E-state index contributed by atoms with van der Waals surface area (Å²) in [4.78, 5) is 11.1. The number of rotatable bonds is 7. The minimum Gasteiger partial charge on any atom is -0.464 e. The number of unbranched alkanes of at least 4 members (excludes halogenated alkanes) is 1. The number of ether oxygens (including phenoxy) is 1. The molecule has 0 aromatic carbocycles. The summed E-state index contributed by atoms with van der Waals surface area (Å²) in [7, 11) is 0. The van der Waals surface area contributed by atoms with E-state index < -0.39 is 12.1 Å². The lowest BCUT2D eigenvalue weighted by Crippen LogP contribution is -2.22. The first-order valence-corrected chi connectivity index (χ1v) is 5.22. The summed E-state index contributed by atoms with van der Waals surface area (Å²) >= 11 is 0. The molecule has 0 aromatic heterocycles. The minimum absolute atomic E-state index is 0.346. The summed E-state index contributed by atoms with van der Waals surface area (Å²) in [6.45, 7) is 4.43. The monoisotopic (exact) mass is 200 g/mol. The molecule has 1 atom stereocenters. The molecule has 0 rings (SSSR count). The van der Waals surface area contributed by atoms with Crippen molar-refractivity contribution in [2.45, 2.75) is 45.6 Å². The molecule has 0 amide bonds. The Kier molecular flexibility index (Phi) is 8.24. The first-order valence-electron chi connectivity index (χ1n) is 5.22. The van der Waals surface area contributed by atoms with Gasteiger partial charge in [0.1, 0.15) is 0 Å². The van der Waals surface area contributed by atoms with Gasteiger partial charge in [-0.05, 0) is 12.8 Å². The number of hydrogen-bond donors (Lipinski definition) is 1. The Balaban J connectivity index is 3.59. The van der Waals surface area contributed by atoms with Gasteiger partial charge in [-0.1, -0.05) is 32.4 Å². The van der Waals surface area contributed by atoms with Gasteiger partial charge in [-0.3, -0.25) is 0 Å². The Hall–Kier alpha value is -0.830. The first kappa shape index (κ1) is 13.2. The fourth-order valence-corrected chi connectivity index (χ4v) is 0.901. The summed E-state index contributed by atoms with van der Waals surface area (Å²) in [6.07, 6.45) is 5.81. The number of allylic oxidation sites excluding steroid dienone is 1. The average Bonchev–Trinajstić information content (AvgIpc) is 2.18. The lowest BCUT2D eigenvalue weighted by atomic mass is 10.2. The van der Waals surface area contributed by atoms with Gasteiger partial charge in [0.15, 0.2) is 6.10 Å². The van der Waals surface area contributed by atoms with Crippen LogP contribution < -0.4 is 0 Å². The Morgan fingerprint density at radius 3 is 2.71 bits per heavy atom. The fraction of sp³-hybridized carbons (Fsp3) is 0.727. The van der Waals surface area contributed by atoms with E-state index in [2.05, 4.69) is 0 Å². The summed E-state index contributed by atoms with van der Waals surface area (Å²) in [6, 6.07) is 0. The van der Waals surface area contributed by atoms with Gasteiger partial charge in [0.05, 0.1) is 6.61 Å². The van der Waals surface area contributed by atoms with Gasteiger partial charge in [-0.25, -0.2) is 4.79 Å². The summed E-state index contributed by atoms with van der Waals surface area (Å²) in [5, 5.41) is 9.32. The standard InChI is InChI=1S/C11H20O3/c1-3-5-7-8-10(12)11(13)14-9-6-4-2/h5,7,10,12H,3-4,6,8-9H2,1-2H3. The zero-order valence-electron chi connectivity index (χ0n) is 9.03. The molecule has 14 heavy (non-hydrogen) atoms. The molecular weight excluding hydrogens is 180 g/mol. The van der Waals surface area contributed by atoms with Gasteiger partial charge in [-0.15, -0.1) is 0 Å². The summed E-state index contributed by atoms with van der Waals surface area (Å²) in [5.41, 5.74) is 0. The van der Waals surface area contributed by atoms with Crippen molar-refractivity contribution in [3.05, 3.63) is 12.2 Å². The highest BCUT2D eigenvalue weighted by atomic mass is 16.5. The van der Waals surface area contributed by atoms with Crippen molar-refractivity contribution in [3.8, 4) is 0 Å². The molecular formula is C11H20O3. The zero-order valence-corrected chi connectivity index (χ0v) is 9.03. The van der Waals surface area contributed by atoms with Gasteiger partial charge < -0.3 is 9.84 Å². The van der Waals surface area contributed by atoms with Crippen LogP contribution in [0.2, 0.25) is 0 Å². The third kappa shape index (κ3) is 6.66. The molecule has 0 radical (unpaired) electrons. The lowest BCUT2D eigenvalue weighted by Gasteiger charge is -2.07. The summed E-state index contributed by atoms with van der Waals surface area (Å²) < 4.78 is 4.85. The van der Waals surface area contributed by atoms with Crippen LogP contribution in [0.5, 0.6) is 0 Å².